The first-order chi connectivity index (χ1) is 8.88. The molecule has 0 radical (unpaired) electrons. The number of carbonyl (C=O) groups is 2. The first-order valence-corrected chi connectivity index (χ1v) is 7.72. The number of Topliss-reactive ketones (excluding diaryl/α,β-unsaturated/α-hetero) is 1. The predicted octanol–water partition coefficient (Wildman–Crippen LogP) is 2.64. The van der Waals surface area contributed by atoms with Gasteiger partial charge in [-0.25, -0.2) is 0 Å². The molecule has 1 saturated heterocycles. The van der Waals surface area contributed by atoms with Crippen LogP contribution in [0.2, 0.25) is 0 Å². The Balaban J connectivity index is 1.82. The summed E-state index contributed by atoms with van der Waals surface area (Å²) in [5.41, 5.74) is -0.925. The summed E-state index contributed by atoms with van der Waals surface area (Å²) in [5, 5.41) is 0. The van der Waals surface area contributed by atoms with E-state index in [0.29, 0.717) is 11.8 Å². The van der Waals surface area contributed by atoms with E-state index in [9.17, 15) is 9.59 Å². The number of nitrogens with zero attached hydrogens (tertiary/aromatic N) is 1. The zero-order valence-electron chi connectivity index (χ0n) is 12.4. The van der Waals surface area contributed by atoms with Crippen molar-refractivity contribution < 1.29 is 9.59 Å². The number of ketones is 1. The van der Waals surface area contributed by atoms with Crippen molar-refractivity contribution in [1.82, 2.24) is 4.90 Å². The van der Waals surface area contributed by atoms with Gasteiger partial charge in [-0.2, -0.15) is 0 Å². The third kappa shape index (κ3) is 1.70. The molecular weight excluding hydrogens is 238 g/mol. The molecular formula is C16H25NO2. The summed E-state index contributed by atoms with van der Waals surface area (Å²) in [4.78, 5) is 27.6. The van der Waals surface area contributed by atoms with Crippen LogP contribution in [0.4, 0.5) is 0 Å². The fourth-order valence-corrected chi connectivity index (χ4v) is 4.48. The smallest absolute Gasteiger partial charge is 0.236 e. The van der Waals surface area contributed by atoms with Gasteiger partial charge in [-0.1, -0.05) is 20.8 Å². The minimum absolute atomic E-state index is 0.150. The van der Waals surface area contributed by atoms with Crippen LogP contribution >= 0.6 is 0 Å². The predicted molar refractivity (Wildman–Crippen MR) is 73.5 cm³/mol. The highest BCUT2D eigenvalue weighted by Gasteiger charge is 2.65. The minimum Gasteiger partial charge on any atom is -0.342 e. The number of carbonyl (C=O) groups excluding carboxylic acids is 2. The quantitative estimate of drug-likeness (QED) is 0.682. The normalized spacial score (nSPS) is 37.9. The second-order valence-corrected chi connectivity index (χ2v) is 7.55. The Morgan fingerprint density at radius 3 is 2.37 bits per heavy atom. The summed E-state index contributed by atoms with van der Waals surface area (Å²) in [7, 11) is 0. The van der Waals surface area contributed by atoms with Crippen LogP contribution in [0.3, 0.4) is 0 Å². The van der Waals surface area contributed by atoms with Gasteiger partial charge in [0.05, 0.1) is 0 Å². The van der Waals surface area contributed by atoms with E-state index in [2.05, 4.69) is 6.92 Å². The Morgan fingerprint density at radius 2 is 1.84 bits per heavy atom. The maximum absolute atomic E-state index is 12.9. The van der Waals surface area contributed by atoms with Gasteiger partial charge >= 0.3 is 0 Å². The van der Waals surface area contributed by atoms with Crippen LogP contribution in [0.25, 0.3) is 0 Å². The molecule has 3 nitrogen and oxygen atoms in total. The Labute approximate surface area is 115 Å². The van der Waals surface area contributed by atoms with Crippen LogP contribution in [0.15, 0.2) is 0 Å². The molecule has 3 rings (SSSR count). The molecule has 1 amide bonds. The SMILES string of the molecule is CC1CCN(C(=O)C23CCC(C2)C(C)(C)C3=O)CC1. The molecule has 3 aliphatic rings. The van der Waals surface area contributed by atoms with E-state index in [-0.39, 0.29) is 17.1 Å². The van der Waals surface area contributed by atoms with Crippen molar-refractivity contribution in [3.8, 4) is 0 Å². The van der Waals surface area contributed by atoms with Crippen molar-refractivity contribution in [3.05, 3.63) is 0 Å². The molecule has 0 aromatic heterocycles. The summed E-state index contributed by atoms with van der Waals surface area (Å²) in [6, 6.07) is 0. The van der Waals surface area contributed by atoms with E-state index >= 15 is 0 Å². The van der Waals surface area contributed by atoms with E-state index in [1.165, 1.54) is 0 Å². The largest absolute Gasteiger partial charge is 0.342 e. The van der Waals surface area contributed by atoms with Crippen molar-refractivity contribution in [1.29, 1.82) is 0 Å². The Kier molecular flexibility index (Phi) is 2.81. The molecule has 3 heteroatoms. The lowest BCUT2D eigenvalue weighted by Gasteiger charge is -2.38. The molecule has 0 N–H and O–H groups in total. The summed E-state index contributed by atoms with van der Waals surface area (Å²) >= 11 is 0. The molecule has 0 spiro atoms. The lowest BCUT2D eigenvalue weighted by molar-refractivity contribution is -0.152. The third-order valence-electron chi connectivity index (χ3n) is 6.04. The molecule has 19 heavy (non-hydrogen) atoms. The second-order valence-electron chi connectivity index (χ2n) is 7.55. The highest BCUT2D eigenvalue weighted by atomic mass is 16.2. The van der Waals surface area contributed by atoms with Crippen molar-refractivity contribution in [3.63, 3.8) is 0 Å². The van der Waals surface area contributed by atoms with E-state index in [0.717, 1.165) is 45.2 Å². The molecule has 3 fully saturated rings. The van der Waals surface area contributed by atoms with Gasteiger partial charge in [0.2, 0.25) is 5.91 Å². The Bertz CT molecular complexity index is 420. The van der Waals surface area contributed by atoms with Gasteiger partial charge in [0.25, 0.3) is 0 Å². The fraction of sp³-hybridized carbons (Fsp3) is 0.875. The molecule has 2 unspecified atom stereocenters. The summed E-state index contributed by atoms with van der Waals surface area (Å²) in [6.45, 7) is 8.01. The number of amides is 1. The number of fused-ring (bicyclic) bond motifs is 2. The summed E-state index contributed by atoms with van der Waals surface area (Å²) in [5.74, 6) is 1.51. The molecule has 106 valence electrons. The van der Waals surface area contributed by atoms with Crippen LogP contribution in [0.5, 0.6) is 0 Å². The van der Waals surface area contributed by atoms with E-state index < -0.39 is 5.41 Å². The zero-order valence-corrected chi connectivity index (χ0v) is 12.4. The van der Waals surface area contributed by atoms with Gasteiger partial charge in [-0.3, -0.25) is 9.59 Å². The molecule has 2 bridgehead atoms. The van der Waals surface area contributed by atoms with Gasteiger partial charge in [-0.15, -0.1) is 0 Å². The van der Waals surface area contributed by atoms with Crippen LogP contribution in [0.1, 0.15) is 52.9 Å². The van der Waals surface area contributed by atoms with E-state index in [1.807, 2.05) is 18.7 Å². The monoisotopic (exact) mass is 263 g/mol. The fourth-order valence-electron chi connectivity index (χ4n) is 4.48. The van der Waals surface area contributed by atoms with Crippen molar-refractivity contribution >= 4 is 11.7 Å². The van der Waals surface area contributed by atoms with Gasteiger partial charge in [0.1, 0.15) is 5.41 Å². The van der Waals surface area contributed by atoms with Crippen molar-refractivity contribution in [2.45, 2.75) is 52.9 Å². The van der Waals surface area contributed by atoms with E-state index in [1.54, 1.807) is 0 Å². The molecule has 1 heterocycles. The number of hydrogen-bond acceptors (Lipinski definition) is 2. The number of piperidine rings is 1. The first-order valence-electron chi connectivity index (χ1n) is 7.72. The number of likely N-dealkylation sites (tertiary alicyclic amines) is 1. The average Bonchev–Trinajstić information content (AvgIpc) is 2.90. The van der Waals surface area contributed by atoms with Gasteiger partial charge in [0, 0.05) is 18.5 Å². The number of rotatable bonds is 1. The average molecular weight is 263 g/mol. The molecule has 1 aliphatic heterocycles. The van der Waals surface area contributed by atoms with Crippen LogP contribution in [-0.2, 0) is 9.59 Å². The Morgan fingerprint density at radius 1 is 1.21 bits per heavy atom. The van der Waals surface area contributed by atoms with Crippen LogP contribution in [-0.4, -0.2) is 29.7 Å². The van der Waals surface area contributed by atoms with Gasteiger partial charge in [-0.05, 0) is 43.9 Å². The summed E-state index contributed by atoms with van der Waals surface area (Å²) in [6.07, 6.45) is 4.83. The van der Waals surface area contributed by atoms with Crippen LogP contribution < -0.4 is 0 Å². The standard InChI is InChI=1S/C16H25NO2/c1-11-5-8-17(9-6-11)14(19)16-7-4-12(10-16)15(2,3)13(16)18/h11-12H,4-10H2,1-3H3. The molecule has 2 saturated carbocycles. The van der Waals surface area contributed by atoms with Gasteiger partial charge < -0.3 is 4.90 Å². The lowest BCUT2D eigenvalue weighted by Crippen LogP contribution is -2.51. The first kappa shape index (κ1) is 13.1. The van der Waals surface area contributed by atoms with Crippen molar-refractivity contribution in [2.75, 3.05) is 13.1 Å². The Hall–Kier alpha value is -0.860. The summed E-state index contributed by atoms with van der Waals surface area (Å²) < 4.78 is 0. The van der Waals surface area contributed by atoms with Crippen LogP contribution in [0, 0.1) is 22.7 Å². The molecule has 0 aromatic rings. The highest BCUT2D eigenvalue weighted by molar-refractivity contribution is 6.10. The lowest BCUT2D eigenvalue weighted by atomic mass is 9.70. The molecule has 2 aliphatic carbocycles. The van der Waals surface area contributed by atoms with Gasteiger partial charge in [0.15, 0.2) is 5.78 Å². The zero-order chi connectivity index (χ0) is 13.8. The minimum atomic E-state index is -0.644. The molecule has 2 atom stereocenters. The second kappa shape index (κ2) is 4.07. The van der Waals surface area contributed by atoms with E-state index in [4.69, 9.17) is 0 Å². The third-order valence-corrected chi connectivity index (χ3v) is 6.04. The van der Waals surface area contributed by atoms with Crippen molar-refractivity contribution in [2.24, 2.45) is 22.7 Å². The number of hydrogen-bond donors (Lipinski definition) is 0. The topological polar surface area (TPSA) is 37.4 Å². The maximum atomic E-state index is 12.9. The highest BCUT2D eigenvalue weighted by Crippen LogP contribution is 2.60. The maximum Gasteiger partial charge on any atom is 0.236 e. The molecule has 0 aromatic carbocycles.